The molecule has 0 aromatic carbocycles. The highest BCUT2D eigenvalue weighted by atomic mass is 16.5. The molecule has 3 rings (SSSR count). The SMILES string of the molecule is Nc1nc2cc(NCCCN3CCOCC3)ccn2n1. The number of pyridine rings is 1. The van der Waals surface area contributed by atoms with Crippen molar-refractivity contribution in [2.75, 3.05) is 50.4 Å². The Balaban J connectivity index is 1.46. The van der Waals surface area contributed by atoms with Crippen LogP contribution in [-0.4, -0.2) is 58.9 Å². The molecule has 1 saturated heterocycles. The van der Waals surface area contributed by atoms with Gasteiger partial charge >= 0.3 is 0 Å². The normalized spacial score (nSPS) is 16.6. The predicted octanol–water partition coefficient (Wildman–Crippen LogP) is 0.446. The number of nitrogens with one attached hydrogen (secondary N) is 1. The molecule has 3 N–H and O–H groups in total. The maximum atomic E-state index is 5.57. The highest BCUT2D eigenvalue weighted by Gasteiger charge is 2.09. The van der Waals surface area contributed by atoms with Crippen molar-refractivity contribution in [2.45, 2.75) is 6.42 Å². The van der Waals surface area contributed by atoms with Crippen molar-refractivity contribution < 1.29 is 4.74 Å². The molecule has 2 aromatic rings. The molecule has 0 saturated carbocycles. The summed E-state index contributed by atoms with van der Waals surface area (Å²) in [6.07, 6.45) is 2.98. The van der Waals surface area contributed by atoms with Crippen molar-refractivity contribution in [3.05, 3.63) is 18.3 Å². The second kappa shape index (κ2) is 6.06. The van der Waals surface area contributed by atoms with E-state index < -0.39 is 0 Å². The van der Waals surface area contributed by atoms with Crippen LogP contribution in [0.1, 0.15) is 6.42 Å². The Bertz CT molecular complexity index is 563. The van der Waals surface area contributed by atoms with Crippen LogP contribution in [0.4, 0.5) is 11.6 Å². The number of hydrogen-bond donors (Lipinski definition) is 2. The van der Waals surface area contributed by atoms with E-state index in [-0.39, 0.29) is 0 Å². The molecular formula is C13H20N6O. The zero-order valence-electron chi connectivity index (χ0n) is 11.5. The fourth-order valence-electron chi connectivity index (χ4n) is 2.37. The number of morpholine rings is 1. The first-order valence-corrected chi connectivity index (χ1v) is 6.97. The van der Waals surface area contributed by atoms with Gasteiger partial charge in [0.2, 0.25) is 5.95 Å². The Morgan fingerprint density at radius 1 is 1.35 bits per heavy atom. The minimum atomic E-state index is 0.300. The van der Waals surface area contributed by atoms with Crippen LogP contribution in [0.2, 0.25) is 0 Å². The monoisotopic (exact) mass is 276 g/mol. The number of fused-ring (bicyclic) bond motifs is 1. The summed E-state index contributed by atoms with van der Waals surface area (Å²) in [5.74, 6) is 0.300. The smallest absolute Gasteiger partial charge is 0.240 e. The third-order valence-electron chi connectivity index (χ3n) is 3.44. The van der Waals surface area contributed by atoms with E-state index in [4.69, 9.17) is 10.5 Å². The minimum absolute atomic E-state index is 0.300. The number of hydrogen-bond acceptors (Lipinski definition) is 6. The Hall–Kier alpha value is -1.86. The highest BCUT2D eigenvalue weighted by molar-refractivity contribution is 5.55. The van der Waals surface area contributed by atoms with Gasteiger partial charge in [-0.3, -0.25) is 4.90 Å². The molecular weight excluding hydrogens is 256 g/mol. The van der Waals surface area contributed by atoms with Gasteiger partial charge in [-0.1, -0.05) is 0 Å². The summed E-state index contributed by atoms with van der Waals surface area (Å²) in [5, 5.41) is 7.45. The van der Waals surface area contributed by atoms with Gasteiger partial charge in [0.25, 0.3) is 0 Å². The number of aromatic nitrogens is 3. The Kier molecular flexibility index (Phi) is 3.98. The minimum Gasteiger partial charge on any atom is -0.385 e. The van der Waals surface area contributed by atoms with Gasteiger partial charge in [-0.25, -0.2) is 4.52 Å². The van der Waals surface area contributed by atoms with Crippen molar-refractivity contribution in [3.63, 3.8) is 0 Å². The van der Waals surface area contributed by atoms with Crippen molar-refractivity contribution in [2.24, 2.45) is 0 Å². The molecule has 0 aliphatic carbocycles. The first kappa shape index (κ1) is 13.1. The third-order valence-corrected chi connectivity index (χ3v) is 3.44. The summed E-state index contributed by atoms with van der Waals surface area (Å²) >= 11 is 0. The van der Waals surface area contributed by atoms with Crippen LogP contribution in [0.5, 0.6) is 0 Å². The number of nitrogens with zero attached hydrogens (tertiary/aromatic N) is 4. The van der Waals surface area contributed by atoms with Gasteiger partial charge in [-0.05, 0) is 19.0 Å². The number of rotatable bonds is 5. The molecule has 108 valence electrons. The van der Waals surface area contributed by atoms with Gasteiger partial charge in [0, 0.05) is 37.6 Å². The van der Waals surface area contributed by atoms with E-state index in [0.717, 1.165) is 57.1 Å². The van der Waals surface area contributed by atoms with E-state index in [1.807, 2.05) is 18.3 Å². The van der Waals surface area contributed by atoms with E-state index >= 15 is 0 Å². The Labute approximate surface area is 117 Å². The highest BCUT2D eigenvalue weighted by Crippen LogP contribution is 2.11. The van der Waals surface area contributed by atoms with Crippen LogP contribution in [0, 0.1) is 0 Å². The summed E-state index contributed by atoms with van der Waals surface area (Å²) in [7, 11) is 0. The quantitative estimate of drug-likeness (QED) is 0.772. The zero-order valence-corrected chi connectivity index (χ0v) is 11.5. The van der Waals surface area contributed by atoms with Crippen LogP contribution in [-0.2, 0) is 4.74 Å². The van der Waals surface area contributed by atoms with Gasteiger partial charge in [-0.15, -0.1) is 5.10 Å². The topological polar surface area (TPSA) is 80.7 Å². The van der Waals surface area contributed by atoms with E-state index in [1.165, 1.54) is 0 Å². The average molecular weight is 276 g/mol. The lowest BCUT2D eigenvalue weighted by Crippen LogP contribution is -2.37. The molecule has 1 fully saturated rings. The van der Waals surface area contributed by atoms with E-state index in [2.05, 4.69) is 20.3 Å². The zero-order chi connectivity index (χ0) is 13.8. The van der Waals surface area contributed by atoms with E-state index in [1.54, 1.807) is 4.52 Å². The lowest BCUT2D eigenvalue weighted by molar-refractivity contribution is 0.0378. The van der Waals surface area contributed by atoms with Gasteiger partial charge in [-0.2, -0.15) is 4.98 Å². The molecule has 20 heavy (non-hydrogen) atoms. The molecule has 0 amide bonds. The molecule has 1 aliphatic heterocycles. The molecule has 0 radical (unpaired) electrons. The Morgan fingerprint density at radius 3 is 3.05 bits per heavy atom. The molecule has 7 nitrogen and oxygen atoms in total. The van der Waals surface area contributed by atoms with Gasteiger partial charge in [0.05, 0.1) is 13.2 Å². The maximum absolute atomic E-state index is 5.57. The summed E-state index contributed by atoms with van der Waals surface area (Å²) in [6, 6.07) is 3.94. The number of anilines is 2. The fraction of sp³-hybridized carbons (Fsp3) is 0.538. The lowest BCUT2D eigenvalue weighted by atomic mass is 10.3. The molecule has 0 atom stereocenters. The van der Waals surface area contributed by atoms with Crippen molar-refractivity contribution in [3.8, 4) is 0 Å². The maximum Gasteiger partial charge on any atom is 0.240 e. The average Bonchev–Trinajstić information content (AvgIpc) is 2.84. The van der Waals surface area contributed by atoms with Crippen LogP contribution >= 0.6 is 0 Å². The largest absolute Gasteiger partial charge is 0.385 e. The van der Waals surface area contributed by atoms with E-state index in [0.29, 0.717) is 5.95 Å². The van der Waals surface area contributed by atoms with Crippen molar-refractivity contribution >= 4 is 17.3 Å². The van der Waals surface area contributed by atoms with Crippen LogP contribution in [0.15, 0.2) is 18.3 Å². The number of ether oxygens (including phenoxy) is 1. The summed E-state index contributed by atoms with van der Waals surface area (Å²) in [5.41, 5.74) is 7.38. The van der Waals surface area contributed by atoms with Crippen molar-refractivity contribution in [1.82, 2.24) is 19.5 Å². The van der Waals surface area contributed by atoms with Crippen LogP contribution in [0.3, 0.4) is 0 Å². The lowest BCUT2D eigenvalue weighted by Gasteiger charge is -2.26. The number of nitrogen functional groups attached to an aromatic ring is 1. The number of nitrogens with two attached hydrogens (primary N) is 1. The van der Waals surface area contributed by atoms with Crippen molar-refractivity contribution in [1.29, 1.82) is 0 Å². The second-order valence-electron chi connectivity index (χ2n) is 4.92. The molecule has 2 aromatic heterocycles. The van der Waals surface area contributed by atoms with Gasteiger partial charge in [0.15, 0.2) is 5.65 Å². The molecule has 0 unspecified atom stereocenters. The van der Waals surface area contributed by atoms with E-state index in [9.17, 15) is 0 Å². The molecule has 0 bridgehead atoms. The molecule has 0 spiro atoms. The summed E-state index contributed by atoms with van der Waals surface area (Å²) in [6.45, 7) is 5.86. The molecule has 7 heteroatoms. The second-order valence-corrected chi connectivity index (χ2v) is 4.92. The first-order valence-electron chi connectivity index (χ1n) is 6.97. The van der Waals surface area contributed by atoms with Gasteiger partial charge in [0.1, 0.15) is 0 Å². The molecule has 3 heterocycles. The van der Waals surface area contributed by atoms with Gasteiger partial charge < -0.3 is 15.8 Å². The third kappa shape index (κ3) is 3.17. The Morgan fingerprint density at radius 2 is 2.20 bits per heavy atom. The summed E-state index contributed by atoms with van der Waals surface area (Å²) in [4.78, 5) is 6.58. The van der Waals surface area contributed by atoms with Crippen LogP contribution in [0.25, 0.3) is 5.65 Å². The molecule has 1 aliphatic rings. The fourth-order valence-corrected chi connectivity index (χ4v) is 2.37. The first-order chi connectivity index (χ1) is 9.81. The predicted molar refractivity (Wildman–Crippen MR) is 77.8 cm³/mol. The summed E-state index contributed by atoms with van der Waals surface area (Å²) < 4.78 is 7.01. The standard InChI is InChI=1S/C13H20N6O/c14-13-16-12-10-11(2-5-19(12)17-13)15-3-1-4-18-6-8-20-9-7-18/h2,5,10,15H,1,3-4,6-9H2,(H2,14,17). The van der Waals surface area contributed by atoms with Crippen LogP contribution < -0.4 is 11.1 Å².